The molecule has 1 fully saturated rings. The predicted molar refractivity (Wildman–Crippen MR) is 113 cm³/mol. The van der Waals surface area contributed by atoms with Crippen LogP contribution in [0.15, 0.2) is 18.2 Å². The van der Waals surface area contributed by atoms with Gasteiger partial charge in [-0.15, -0.1) is 0 Å². The van der Waals surface area contributed by atoms with Crippen LogP contribution in [0.3, 0.4) is 0 Å². The van der Waals surface area contributed by atoms with Crippen LogP contribution in [-0.2, 0) is 15.7 Å². The van der Waals surface area contributed by atoms with Gasteiger partial charge in [-0.25, -0.2) is 9.59 Å². The van der Waals surface area contributed by atoms with E-state index < -0.39 is 41.2 Å². The number of nitrogens with one attached hydrogen (secondary N) is 1. The Kier molecular flexibility index (Phi) is 6.17. The standard InChI is InChI=1S/C23H31F3N2O4/c1-21(2,3)31-19(29)27-16-12-18(13-7-8-13)28(20(30)32-22(4,5)6)17-10-9-14(11-15(16)17)23(24,25)26/h9-11,13,16,18H,7-8,12H2,1-6H3,(H,27,29). The molecule has 0 saturated heterocycles. The smallest absolute Gasteiger partial charge is 0.416 e. The highest BCUT2D eigenvalue weighted by Gasteiger charge is 2.46. The summed E-state index contributed by atoms with van der Waals surface area (Å²) >= 11 is 0. The van der Waals surface area contributed by atoms with E-state index in [2.05, 4.69) is 5.32 Å². The van der Waals surface area contributed by atoms with Crippen molar-refractivity contribution < 1.29 is 32.2 Å². The first-order valence-electron chi connectivity index (χ1n) is 10.8. The summed E-state index contributed by atoms with van der Waals surface area (Å²) in [4.78, 5) is 27.0. The average molecular weight is 457 g/mol. The van der Waals surface area contributed by atoms with Crippen LogP contribution in [0.1, 0.15) is 78.0 Å². The number of alkyl carbamates (subject to hydrolysis) is 1. The van der Waals surface area contributed by atoms with Crippen LogP contribution in [-0.4, -0.2) is 29.4 Å². The van der Waals surface area contributed by atoms with E-state index in [9.17, 15) is 22.8 Å². The molecule has 6 nitrogen and oxygen atoms in total. The number of nitrogens with zero attached hydrogens (tertiary/aromatic N) is 1. The van der Waals surface area contributed by atoms with Crippen molar-refractivity contribution in [1.82, 2.24) is 5.32 Å². The first-order chi connectivity index (χ1) is 14.5. The summed E-state index contributed by atoms with van der Waals surface area (Å²) < 4.78 is 51.2. The van der Waals surface area contributed by atoms with Gasteiger partial charge in [0.2, 0.25) is 0 Å². The Morgan fingerprint density at radius 3 is 2.09 bits per heavy atom. The van der Waals surface area contributed by atoms with Crippen LogP contribution in [0.25, 0.3) is 0 Å². The quantitative estimate of drug-likeness (QED) is 0.576. The Bertz CT molecular complexity index is 883. The van der Waals surface area contributed by atoms with Crippen molar-refractivity contribution in [3.05, 3.63) is 29.3 Å². The highest BCUT2D eigenvalue weighted by Crippen LogP contribution is 2.48. The van der Waals surface area contributed by atoms with Crippen LogP contribution in [0.4, 0.5) is 28.4 Å². The minimum Gasteiger partial charge on any atom is -0.444 e. The van der Waals surface area contributed by atoms with E-state index in [4.69, 9.17) is 9.47 Å². The van der Waals surface area contributed by atoms with E-state index in [0.29, 0.717) is 5.69 Å². The molecule has 1 saturated carbocycles. The van der Waals surface area contributed by atoms with Gasteiger partial charge in [-0.3, -0.25) is 4.90 Å². The molecule has 1 aliphatic heterocycles. The number of halogens is 3. The zero-order chi connectivity index (χ0) is 24.1. The molecular weight excluding hydrogens is 425 g/mol. The van der Waals surface area contributed by atoms with Crippen LogP contribution in [0.2, 0.25) is 0 Å². The summed E-state index contributed by atoms with van der Waals surface area (Å²) in [6.07, 6.45) is -3.80. The second kappa shape index (κ2) is 8.15. The number of benzene rings is 1. The van der Waals surface area contributed by atoms with Gasteiger partial charge in [-0.2, -0.15) is 13.2 Å². The number of fused-ring (bicyclic) bond motifs is 1. The SMILES string of the molecule is CC(C)(C)OC(=O)NC1CC(C2CC2)N(C(=O)OC(C)(C)C)c2ccc(C(F)(F)F)cc21. The minimum atomic E-state index is -4.56. The third-order valence-electron chi connectivity index (χ3n) is 5.25. The van der Waals surface area contributed by atoms with E-state index in [1.54, 1.807) is 41.5 Å². The molecule has 1 aliphatic carbocycles. The number of alkyl halides is 3. The summed E-state index contributed by atoms with van der Waals surface area (Å²) in [5.41, 5.74) is -1.83. The highest BCUT2D eigenvalue weighted by molar-refractivity contribution is 5.91. The summed E-state index contributed by atoms with van der Waals surface area (Å²) in [5, 5.41) is 2.72. The number of anilines is 1. The molecule has 178 valence electrons. The number of hydrogen-bond donors (Lipinski definition) is 1. The fraction of sp³-hybridized carbons (Fsp3) is 0.652. The van der Waals surface area contributed by atoms with Crippen molar-refractivity contribution in [2.75, 3.05) is 4.90 Å². The molecule has 2 unspecified atom stereocenters. The largest absolute Gasteiger partial charge is 0.444 e. The summed E-state index contributed by atoms with van der Waals surface area (Å²) in [5.74, 6) is 0.195. The Hall–Kier alpha value is -2.45. The number of rotatable bonds is 2. The predicted octanol–water partition coefficient (Wildman–Crippen LogP) is 6.20. The number of hydrogen-bond acceptors (Lipinski definition) is 4. The molecule has 1 heterocycles. The number of carbonyl (C=O) groups excluding carboxylic acids is 2. The molecule has 9 heteroatoms. The number of ether oxygens (including phenoxy) is 2. The fourth-order valence-corrected chi connectivity index (χ4v) is 3.90. The van der Waals surface area contributed by atoms with Crippen molar-refractivity contribution in [2.45, 2.75) is 90.3 Å². The van der Waals surface area contributed by atoms with E-state index in [0.717, 1.165) is 25.0 Å². The zero-order valence-corrected chi connectivity index (χ0v) is 19.3. The molecule has 2 atom stereocenters. The maximum absolute atomic E-state index is 13.4. The number of carbonyl (C=O) groups is 2. The monoisotopic (exact) mass is 456 g/mol. The van der Waals surface area contributed by atoms with Gasteiger partial charge in [0.15, 0.2) is 0 Å². The van der Waals surface area contributed by atoms with Crippen LogP contribution in [0, 0.1) is 5.92 Å². The lowest BCUT2D eigenvalue weighted by Crippen LogP contribution is -2.50. The molecule has 0 bridgehead atoms. The fourth-order valence-electron chi connectivity index (χ4n) is 3.90. The normalized spacial score (nSPS) is 21.6. The lowest BCUT2D eigenvalue weighted by Gasteiger charge is -2.42. The van der Waals surface area contributed by atoms with Crippen molar-refractivity contribution in [1.29, 1.82) is 0 Å². The molecule has 0 radical (unpaired) electrons. The van der Waals surface area contributed by atoms with E-state index >= 15 is 0 Å². The van der Waals surface area contributed by atoms with E-state index in [-0.39, 0.29) is 23.9 Å². The van der Waals surface area contributed by atoms with Gasteiger partial charge in [0.05, 0.1) is 17.3 Å². The second-order valence-electron chi connectivity index (χ2n) is 10.5. The molecule has 3 rings (SSSR count). The van der Waals surface area contributed by atoms with E-state index in [1.807, 2.05) is 0 Å². The van der Waals surface area contributed by atoms with Crippen LogP contribution >= 0.6 is 0 Å². The van der Waals surface area contributed by atoms with Gasteiger partial charge in [-0.1, -0.05) is 0 Å². The minimum absolute atomic E-state index is 0.195. The Labute approximate surface area is 186 Å². The summed E-state index contributed by atoms with van der Waals surface area (Å²) in [7, 11) is 0. The van der Waals surface area contributed by atoms with E-state index in [1.165, 1.54) is 11.0 Å². The first-order valence-corrected chi connectivity index (χ1v) is 10.8. The lowest BCUT2D eigenvalue weighted by atomic mass is 9.88. The lowest BCUT2D eigenvalue weighted by molar-refractivity contribution is -0.137. The van der Waals surface area contributed by atoms with Gasteiger partial charge < -0.3 is 14.8 Å². The molecule has 2 amide bonds. The molecule has 1 aromatic carbocycles. The van der Waals surface area contributed by atoms with Crippen molar-refractivity contribution in [3.8, 4) is 0 Å². The Morgan fingerprint density at radius 2 is 1.59 bits per heavy atom. The zero-order valence-electron chi connectivity index (χ0n) is 19.3. The molecule has 0 spiro atoms. The Balaban J connectivity index is 2.03. The summed E-state index contributed by atoms with van der Waals surface area (Å²) in [6.45, 7) is 10.3. The molecule has 32 heavy (non-hydrogen) atoms. The highest BCUT2D eigenvalue weighted by atomic mass is 19.4. The molecular formula is C23H31F3N2O4. The maximum Gasteiger partial charge on any atom is 0.416 e. The molecule has 1 aromatic rings. The molecule has 0 aromatic heterocycles. The van der Waals surface area contributed by atoms with Crippen molar-refractivity contribution in [2.24, 2.45) is 5.92 Å². The van der Waals surface area contributed by atoms with Gasteiger partial charge in [0.25, 0.3) is 0 Å². The second-order valence-corrected chi connectivity index (χ2v) is 10.5. The topological polar surface area (TPSA) is 67.9 Å². The first kappa shape index (κ1) is 24.2. The van der Waals surface area contributed by atoms with Gasteiger partial charge in [0.1, 0.15) is 11.2 Å². The third kappa shape index (κ3) is 5.86. The van der Waals surface area contributed by atoms with Crippen LogP contribution < -0.4 is 10.2 Å². The Morgan fingerprint density at radius 1 is 1.00 bits per heavy atom. The van der Waals surface area contributed by atoms with Gasteiger partial charge in [0, 0.05) is 6.04 Å². The van der Waals surface area contributed by atoms with Crippen molar-refractivity contribution >= 4 is 17.9 Å². The van der Waals surface area contributed by atoms with Crippen LogP contribution in [0.5, 0.6) is 0 Å². The number of amides is 2. The third-order valence-corrected chi connectivity index (χ3v) is 5.25. The average Bonchev–Trinajstić information content (AvgIpc) is 3.41. The van der Waals surface area contributed by atoms with Gasteiger partial charge in [-0.05, 0) is 90.5 Å². The molecule has 1 N–H and O–H groups in total. The maximum atomic E-state index is 13.4. The summed E-state index contributed by atoms with van der Waals surface area (Å²) in [6, 6.07) is 2.22. The van der Waals surface area contributed by atoms with Gasteiger partial charge >= 0.3 is 18.4 Å². The van der Waals surface area contributed by atoms with Crippen molar-refractivity contribution in [3.63, 3.8) is 0 Å². The molecule has 2 aliphatic rings.